The van der Waals surface area contributed by atoms with E-state index in [4.69, 9.17) is 9.47 Å². The lowest BCUT2D eigenvalue weighted by molar-refractivity contribution is -0.937. The van der Waals surface area contributed by atoms with Gasteiger partial charge in [-0.05, 0) is 60.7 Å². The molecule has 7 fully saturated rings. The SMILES string of the molecule is C=CC[N+]12CCC3C4C5C(CC31)C(=CCOC5N1c3ccccc3C35CCN6CC7=CCOC(C(C7CC63)C15)N4c1ccccc1)C2. The largest absolute Gasteiger partial charge is 0.354 e. The van der Waals surface area contributed by atoms with Crippen molar-refractivity contribution in [1.82, 2.24) is 4.90 Å². The first-order valence-electron chi connectivity index (χ1n) is 18.7. The number of anilines is 2. The van der Waals surface area contributed by atoms with Gasteiger partial charge in [0.2, 0.25) is 0 Å². The van der Waals surface area contributed by atoms with E-state index >= 15 is 0 Å². The standard InChI is InChI=1S/C41H47N4O2/c1-2-17-45-18-12-28-33(45)21-29-26(24-45)14-20-46-39-35(29)37(28)43(27-8-4-3-5-9-27)40-36-30-22-34-41(15-16-42(34)23-25(30)13-19-47-40)31-10-6-7-11-32(31)44(39)38(36)41/h2-11,13-14,28-30,33-40H,1,12,15-24H2/q+1. The maximum atomic E-state index is 7.41. The fourth-order valence-electron chi connectivity index (χ4n) is 14.5. The summed E-state index contributed by atoms with van der Waals surface area (Å²) in [5.74, 6) is 2.45. The van der Waals surface area contributed by atoms with Crippen LogP contribution in [0.2, 0.25) is 0 Å². The maximum absolute atomic E-state index is 7.41. The number of quaternary nitrogens is 1. The smallest absolute Gasteiger partial charge is 0.136 e. The molecule has 242 valence electrons. The molecule has 6 nitrogen and oxygen atoms in total. The van der Waals surface area contributed by atoms with Crippen LogP contribution < -0.4 is 9.80 Å². The molecule has 2 aliphatic carbocycles. The second-order valence-electron chi connectivity index (χ2n) is 16.8. The first-order valence-corrected chi connectivity index (χ1v) is 18.7. The van der Waals surface area contributed by atoms with Gasteiger partial charge in [0.25, 0.3) is 0 Å². The molecule has 2 saturated carbocycles. The molecule has 1 spiro atoms. The summed E-state index contributed by atoms with van der Waals surface area (Å²) in [5, 5.41) is 0. The van der Waals surface area contributed by atoms with Crippen molar-refractivity contribution >= 4 is 11.4 Å². The molecule has 8 aliphatic heterocycles. The third kappa shape index (κ3) is 3.11. The highest BCUT2D eigenvalue weighted by atomic mass is 16.5. The van der Waals surface area contributed by atoms with E-state index in [9.17, 15) is 0 Å². The van der Waals surface area contributed by atoms with Crippen LogP contribution in [0.5, 0.6) is 0 Å². The van der Waals surface area contributed by atoms with Gasteiger partial charge in [0, 0.05) is 71.9 Å². The Kier molecular flexibility index (Phi) is 5.28. The van der Waals surface area contributed by atoms with E-state index in [-0.39, 0.29) is 17.9 Å². The van der Waals surface area contributed by atoms with Gasteiger partial charge in [-0.1, -0.05) is 60.7 Å². The highest BCUT2D eigenvalue weighted by Gasteiger charge is 2.74. The molecule has 0 N–H and O–H groups in total. The van der Waals surface area contributed by atoms with Gasteiger partial charge in [0.15, 0.2) is 0 Å². The molecule has 2 aromatic rings. The van der Waals surface area contributed by atoms with E-state index in [0.717, 1.165) is 26.3 Å². The monoisotopic (exact) mass is 627 g/mol. The third-order valence-electron chi connectivity index (χ3n) is 15.7. The van der Waals surface area contributed by atoms with Crippen molar-refractivity contribution in [3.05, 3.63) is 96.1 Å². The number of benzene rings is 2. The summed E-state index contributed by atoms with van der Waals surface area (Å²) in [6, 6.07) is 23.1. The summed E-state index contributed by atoms with van der Waals surface area (Å²) in [5.41, 5.74) is 7.88. The first-order chi connectivity index (χ1) is 23.2. The summed E-state index contributed by atoms with van der Waals surface area (Å²) in [4.78, 5) is 8.73. The molecule has 5 saturated heterocycles. The molecule has 4 bridgehead atoms. The first kappa shape index (κ1) is 27.0. The van der Waals surface area contributed by atoms with Crippen molar-refractivity contribution < 1.29 is 14.0 Å². The Morgan fingerprint density at radius 3 is 2.55 bits per heavy atom. The van der Waals surface area contributed by atoms with E-state index in [2.05, 4.69) is 94.1 Å². The van der Waals surface area contributed by atoms with Crippen LogP contribution in [0.15, 0.2) is 90.6 Å². The molecule has 2 aromatic carbocycles. The average molecular weight is 628 g/mol. The summed E-state index contributed by atoms with van der Waals surface area (Å²) in [6.07, 6.45) is 12.4. The molecule has 0 amide bonds. The number of fused-ring (bicyclic) bond motifs is 4. The van der Waals surface area contributed by atoms with Crippen LogP contribution in [0.25, 0.3) is 0 Å². The predicted octanol–water partition coefficient (Wildman–Crippen LogP) is 5.33. The van der Waals surface area contributed by atoms with E-state index in [1.54, 1.807) is 16.7 Å². The summed E-state index contributed by atoms with van der Waals surface area (Å²) >= 11 is 0. The van der Waals surface area contributed by atoms with Crippen LogP contribution in [0.3, 0.4) is 0 Å². The van der Waals surface area contributed by atoms with Crippen LogP contribution in [0.1, 0.15) is 31.2 Å². The average Bonchev–Trinajstić information content (AvgIpc) is 3.66. The molecule has 47 heavy (non-hydrogen) atoms. The third-order valence-corrected chi connectivity index (χ3v) is 15.7. The molecule has 8 heterocycles. The molecule has 13 unspecified atom stereocenters. The van der Waals surface area contributed by atoms with Gasteiger partial charge in [0.1, 0.15) is 19.0 Å². The topological polar surface area (TPSA) is 28.2 Å². The summed E-state index contributed by atoms with van der Waals surface area (Å²) < 4.78 is 16.0. The van der Waals surface area contributed by atoms with Gasteiger partial charge in [-0.15, -0.1) is 0 Å². The van der Waals surface area contributed by atoms with E-state index in [1.165, 1.54) is 61.2 Å². The van der Waals surface area contributed by atoms with Gasteiger partial charge in [0.05, 0.1) is 38.4 Å². The number of hydrogen-bond acceptors (Lipinski definition) is 5. The molecule has 6 heteroatoms. The molecular weight excluding hydrogens is 580 g/mol. The molecule has 13 atom stereocenters. The van der Waals surface area contributed by atoms with Crippen molar-refractivity contribution in [3.63, 3.8) is 0 Å². The number of hydrogen-bond donors (Lipinski definition) is 0. The minimum Gasteiger partial charge on any atom is -0.354 e. The highest BCUT2D eigenvalue weighted by Crippen LogP contribution is 2.68. The quantitative estimate of drug-likeness (QED) is 0.339. The Labute approximate surface area is 278 Å². The zero-order valence-corrected chi connectivity index (χ0v) is 27.4. The summed E-state index contributed by atoms with van der Waals surface area (Å²) in [6.45, 7) is 11.6. The van der Waals surface area contributed by atoms with Crippen LogP contribution in [0.4, 0.5) is 11.4 Å². The lowest BCUT2D eigenvalue weighted by Gasteiger charge is -2.65. The minimum atomic E-state index is 0.0327. The fraction of sp³-hybridized carbons (Fsp3) is 0.561. The Balaban J connectivity index is 1.15. The zero-order valence-electron chi connectivity index (χ0n) is 27.4. The van der Waals surface area contributed by atoms with Crippen molar-refractivity contribution in [2.24, 2.45) is 29.6 Å². The van der Waals surface area contributed by atoms with Gasteiger partial charge in [-0.3, -0.25) is 4.90 Å². The van der Waals surface area contributed by atoms with Crippen LogP contribution in [0, 0.1) is 29.6 Å². The molecule has 0 aromatic heterocycles. The number of para-hydroxylation sites is 2. The van der Waals surface area contributed by atoms with E-state index < -0.39 is 0 Å². The lowest BCUT2D eigenvalue weighted by Crippen LogP contribution is -2.76. The number of nitrogens with zero attached hydrogens (tertiary/aromatic N) is 4. The van der Waals surface area contributed by atoms with Gasteiger partial charge < -0.3 is 23.8 Å². The Morgan fingerprint density at radius 2 is 1.68 bits per heavy atom. The second kappa shape index (κ2) is 9.20. The predicted molar refractivity (Wildman–Crippen MR) is 183 cm³/mol. The van der Waals surface area contributed by atoms with Crippen molar-refractivity contribution in [3.8, 4) is 0 Å². The van der Waals surface area contributed by atoms with Crippen molar-refractivity contribution in [1.29, 1.82) is 0 Å². The molecule has 12 rings (SSSR count). The van der Waals surface area contributed by atoms with Gasteiger partial charge in [-0.2, -0.15) is 0 Å². The Bertz CT molecular complexity index is 1740. The van der Waals surface area contributed by atoms with Crippen LogP contribution >= 0.6 is 0 Å². The normalized spacial score (nSPS) is 47.6. The van der Waals surface area contributed by atoms with Crippen molar-refractivity contribution in [2.45, 2.75) is 67.7 Å². The fourth-order valence-corrected chi connectivity index (χ4v) is 14.5. The molecule has 10 aliphatic rings. The molecular formula is C41H47N4O2+. The Hall–Kier alpha value is -2.90. The summed E-state index contributed by atoms with van der Waals surface area (Å²) in [7, 11) is 0. The van der Waals surface area contributed by atoms with Crippen molar-refractivity contribution in [2.75, 3.05) is 55.7 Å². The van der Waals surface area contributed by atoms with E-state index in [1.807, 2.05) is 0 Å². The maximum Gasteiger partial charge on any atom is 0.136 e. The number of ether oxygens (including phenoxy) is 2. The van der Waals surface area contributed by atoms with E-state index in [0.29, 0.717) is 53.8 Å². The van der Waals surface area contributed by atoms with Crippen LogP contribution in [-0.4, -0.2) is 91.9 Å². The van der Waals surface area contributed by atoms with Crippen LogP contribution in [-0.2, 0) is 14.9 Å². The zero-order chi connectivity index (χ0) is 30.6. The van der Waals surface area contributed by atoms with Gasteiger partial charge in [-0.25, -0.2) is 0 Å². The minimum absolute atomic E-state index is 0.0327. The Morgan fingerprint density at radius 1 is 0.894 bits per heavy atom. The number of piperidine rings is 2. The number of rotatable bonds is 3. The highest BCUT2D eigenvalue weighted by molar-refractivity contribution is 5.69. The second-order valence-corrected chi connectivity index (χ2v) is 16.8. The molecule has 0 radical (unpaired) electrons. The van der Waals surface area contributed by atoms with Gasteiger partial charge >= 0.3 is 0 Å². The lowest BCUT2D eigenvalue weighted by atomic mass is 9.54.